The molecule has 0 saturated carbocycles. The molecule has 0 spiro atoms. The summed E-state index contributed by atoms with van der Waals surface area (Å²) in [5.74, 6) is 1.01. The van der Waals surface area contributed by atoms with Crippen LogP contribution in [0.25, 0.3) is 0 Å². The molecule has 2 heteroatoms. The Balaban J connectivity index is 3.34. The van der Waals surface area contributed by atoms with Gasteiger partial charge in [0.15, 0.2) is 0 Å². The highest BCUT2D eigenvalue weighted by Gasteiger charge is 2.07. The molecule has 0 N–H and O–H groups in total. The van der Waals surface area contributed by atoms with E-state index in [1.807, 2.05) is 0 Å². The highest BCUT2D eigenvalue weighted by molar-refractivity contribution is 6.57. The van der Waals surface area contributed by atoms with E-state index in [2.05, 4.69) is 33.1 Å². The van der Waals surface area contributed by atoms with E-state index in [1.165, 1.54) is 12.1 Å². The molecular formula is C8H20Si2. The lowest BCUT2D eigenvalue weighted by molar-refractivity contribution is 0.717. The van der Waals surface area contributed by atoms with Crippen molar-refractivity contribution < 1.29 is 0 Å². The minimum absolute atomic E-state index is 0.0374. The van der Waals surface area contributed by atoms with E-state index in [-0.39, 0.29) is 17.6 Å². The van der Waals surface area contributed by atoms with Crippen molar-refractivity contribution in [1.29, 1.82) is 0 Å². The van der Waals surface area contributed by atoms with Crippen LogP contribution < -0.4 is 0 Å². The summed E-state index contributed by atoms with van der Waals surface area (Å²) >= 11 is 0. The van der Waals surface area contributed by atoms with Gasteiger partial charge < -0.3 is 0 Å². The maximum Gasteiger partial charge on any atom is 0.0415 e. The molecule has 0 fully saturated rings. The van der Waals surface area contributed by atoms with Gasteiger partial charge in [-0.1, -0.05) is 45.2 Å². The first kappa shape index (κ1) is 10.4. The van der Waals surface area contributed by atoms with Gasteiger partial charge in [0.05, 0.1) is 0 Å². The van der Waals surface area contributed by atoms with Crippen LogP contribution in [-0.2, 0) is 0 Å². The third-order valence-corrected chi connectivity index (χ3v) is 4.54. The summed E-state index contributed by atoms with van der Waals surface area (Å²) in [6, 6.07) is 3.03. The van der Waals surface area contributed by atoms with Gasteiger partial charge in [0.2, 0.25) is 0 Å². The molecular weight excluding hydrogens is 152 g/mol. The summed E-state index contributed by atoms with van der Waals surface area (Å²) in [5.41, 5.74) is 0. The molecule has 0 aromatic carbocycles. The molecule has 0 saturated heterocycles. The summed E-state index contributed by atoms with van der Waals surface area (Å²) < 4.78 is 0. The molecule has 0 aliphatic rings. The van der Waals surface area contributed by atoms with E-state index in [9.17, 15) is 0 Å². The van der Waals surface area contributed by atoms with E-state index in [0.29, 0.717) is 0 Å². The molecule has 0 aromatic rings. The van der Waals surface area contributed by atoms with Crippen LogP contribution in [0.4, 0.5) is 0 Å². The van der Waals surface area contributed by atoms with E-state index >= 15 is 0 Å². The summed E-state index contributed by atoms with van der Waals surface area (Å²) in [6.07, 6.45) is 0. The molecule has 0 bridgehead atoms. The Labute approximate surface area is 69.2 Å². The van der Waals surface area contributed by atoms with Crippen LogP contribution in [-0.4, -0.2) is 17.6 Å². The van der Waals surface area contributed by atoms with Gasteiger partial charge in [0.1, 0.15) is 0 Å². The molecule has 10 heavy (non-hydrogen) atoms. The number of rotatable bonds is 4. The molecule has 2 radical (unpaired) electrons. The molecule has 0 nitrogen and oxygen atoms in total. The van der Waals surface area contributed by atoms with Crippen LogP contribution in [0, 0.1) is 5.92 Å². The third-order valence-electron chi connectivity index (χ3n) is 1.51. The van der Waals surface area contributed by atoms with Crippen molar-refractivity contribution in [3.8, 4) is 0 Å². The van der Waals surface area contributed by atoms with Crippen LogP contribution in [0.2, 0.25) is 38.3 Å². The van der Waals surface area contributed by atoms with Gasteiger partial charge >= 0.3 is 0 Å². The third kappa shape index (κ3) is 6.55. The Morgan fingerprint density at radius 1 is 0.900 bits per heavy atom. The molecule has 0 aliphatic heterocycles. The summed E-state index contributed by atoms with van der Waals surface area (Å²) in [7, 11) is 0.0748. The fourth-order valence-electron chi connectivity index (χ4n) is 1.47. The van der Waals surface area contributed by atoms with Crippen molar-refractivity contribution in [2.24, 2.45) is 5.92 Å². The molecule has 0 unspecified atom stereocenters. The average molecular weight is 172 g/mol. The zero-order chi connectivity index (χ0) is 8.15. The smallest absolute Gasteiger partial charge is 0.0415 e. The van der Waals surface area contributed by atoms with Crippen molar-refractivity contribution in [2.75, 3.05) is 0 Å². The highest BCUT2D eigenvalue weighted by atomic mass is 28.3. The fraction of sp³-hybridized carbons (Fsp3) is 1.00. The highest BCUT2D eigenvalue weighted by Crippen LogP contribution is 2.13. The molecule has 0 aliphatic carbocycles. The van der Waals surface area contributed by atoms with E-state index < -0.39 is 0 Å². The van der Waals surface area contributed by atoms with Crippen LogP contribution in [0.1, 0.15) is 6.92 Å². The van der Waals surface area contributed by atoms with Crippen LogP contribution in [0.3, 0.4) is 0 Å². The molecule has 0 atom stereocenters. The quantitative estimate of drug-likeness (QED) is 0.572. The molecule has 0 aromatic heterocycles. The Hall–Kier alpha value is 0.434. The van der Waals surface area contributed by atoms with Gasteiger partial charge in [-0.3, -0.25) is 0 Å². The Bertz CT molecular complexity index is 69.3. The minimum atomic E-state index is 0.0374. The van der Waals surface area contributed by atoms with Gasteiger partial charge in [0, 0.05) is 17.6 Å². The van der Waals surface area contributed by atoms with Gasteiger partial charge in [0.25, 0.3) is 0 Å². The van der Waals surface area contributed by atoms with Crippen LogP contribution in [0.5, 0.6) is 0 Å². The van der Waals surface area contributed by atoms with Crippen molar-refractivity contribution in [1.82, 2.24) is 0 Å². The van der Waals surface area contributed by atoms with Crippen molar-refractivity contribution in [3.05, 3.63) is 0 Å². The normalized spacial score (nSPS) is 12.0. The van der Waals surface area contributed by atoms with Gasteiger partial charge in [-0.25, -0.2) is 0 Å². The molecule has 0 rings (SSSR count). The summed E-state index contributed by atoms with van der Waals surface area (Å²) in [6.45, 7) is 12.1. The van der Waals surface area contributed by atoms with Gasteiger partial charge in [-0.2, -0.15) is 0 Å². The lowest BCUT2D eigenvalue weighted by atomic mass is 10.3. The maximum absolute atomic E-state index is 2.42. The van der Waals surface area contributed by atoms with Crippen LogP contribution in [0.15, 0.2) is 0 Å². The molecule has 0 heterocycles. The topological polar surface area (TPSA) is 0 Å². The van der Waals surface area contributed by atoms with Crippen molar-refractivity contribution in [2.45, 2.75) is 45.2 Å². The number of hydrogen-bond donors (Lipinski definition) is 0. The van der Waals surface area contributed by atoms with Gasteiger partial charge in [-0.05, 0) is 5.92 Å². The standard InChI is InChI=1S/C8H20Si2/c1-8(6-9(2)3)7-10(4)5/h8H,6-7H2,1-5H3. The van der Waals surface area contributed by atoms with E-state index in [4.69, 9.17) is 0 Å². The summed E-state index contributed by atoms with van der Waals surface area (Å²) in [4.78, 5) is 0. The van der Waals surface area contributed by atoms with Crippen molar-refractivity contribution in [3.63, 3.8) is 0 Å². The predicted molar refractivity (Wildman–Crippen MR) is 53.7 cm³/mol. The Kier molecular flexibility index (Phi) is 5.36. The fourth-order valence-corrected chi connectivity index (χ4v) is 4.83. The SMILES string of the molecule is CC(C[Si](C)C)C[Si](C)C. The zero-order valence-corrected chi connectivity index (χ0v) is 9.99. The number of hydrogen-bond acceptors (Lipinski definition) is 0. The Morgan fingerprint density at radius 2 is 1.20 bits per heavy atom. The zero-order valence-electron chi connectivity index (χ0n) is 7.99. The lowest BCUT2D eigenvalue weighted by Crippen LogP contribution is -2.12. The first-order valence-corrected chi connectivity index (χ1v) is 9.52. The largest absolute Gasteiger partial charge is 0.0713 e. The second-order valence-corrected chi connectivity index (χ2v) is 9.57. The Morgan fingerprint density at radius 3 is 1.40 bits per heavy atom. The van der Waals surface area contributed by atoms with Crippen LogP contribution >= 0.6 is 0 Å². The second kappa shape index (κ2) is 5.13. The average Bonchev–Trinajstić information content (AvgIpc) is 1.58. The van der Waals surface area contributed by atoms with Crippen molar-refractivity contribution >= 4 is 17.6 Å². The first-order valence-electron chi connectivity index (χ1n) is 4.10. The van der Waals surface area contributed by atoms with E-state index in [1.54, 1.807) is 0 Å². The minimum Gasteiger partial charge on any atom is -0.0713 e. The predicted octanol–water partition coefficient (Wildman–Crippen LogP) is 3.13. The second-order valence-electron chi connectivity index (χ2n) is 3.93. The maximum atomic E-state index is 2.42. The first-order chi connectivity index (χ1) is 4.52. The molecule has 60 valence electrons. The lowest BCUT2D eigenvalue weighted by Gasteiger charge is -2.13. The van der Waals surface area contributed by atoms with E-state index in [0.717, 1.165) is 5.92 Å². The summed E-state index contributed by atoms with van der Waals surface area (Å²) in [5, 5.41) is 0. The van der Waals surface area contributed by atoms with Gasteiger partial charge in [-0.15, -0.1) is 0 Å². The monoisotopic (exact) mass is 172 g/mol. The molecule has 0 amide bonds.